The van der Waals surface area contributed by atoms with Crippen LogP contribution in [0.3, 0.4) is 0 Å². The van der Waals surface area contributed by atoms with Gasteiger partial charge in [0.25, 0.3) is 5.91 Å². The van der Waals surface area contributed by atoms with Crippen LogP contribution in [0.1, 0.15) is 36.3 Å². The summed E-state index contributed by atoms with van der Waals surface area (Å²) in [6, 6.07) is 15.7. The number of nitrogens with zero attached hydrogens (tertiary/aromatic N) is 5. The minimum atomic E-state index is -0.255. The predicted octanol–water partition coefficient (Wildman–Crippen LogP) is 5.40. The van der Waals surface area contributed by atoms with E-state index >= 15 is 0 Å². The molecular weight excluding hydrogens is 454 g/mol. The standard InChI is InChI=1S/C24H23N5O2S2/c1-3-28-23(21-7-5-13-32-21)25-26-24(28)33-15-22(30)29-19(20-6-4-12-31-20)14-18(27-29)17-10-8-16(2)9-11-17/h4-13,19H,3,14-15H2,1-2H3. The van der Waals surface area contributed by atoms with E-state index < -0.39 is 0 Å². The van der Waals surface area contributed by atoms with Gasteiger partial charge < -0.3 is 8.98 Å². The third-order valence-corrected chi connectivity index (χ3v) is 7.34. The molecule has 168 valence electrons. The topological polar surface area (TPSA) is 76.5 Å². The number of furan rings is 1. The SMILES string of the molecule is CCn1c(SCC(=O)N2N=C(c3ccc(C)cc3)CC2c2ccco2)nnc1-c1cccs1. The maximum absolute atomic E-state index is 13.3. The summed E-state index contributed by atoms with van der Waals surface area (Å²) in [5, 5.41) is 17.7. The maximum Gasteiger partial charge on any atom is 0.253 e. The number of aryl methyl sites for hydroxylation is 1. The van der Waals surface area contributed by atoms with Crippen LogP contribution in [0, 0.1) is 6.92 Å². The molecule has 0 bridgehead atoms. The van der Waals surface area contributed by atoms with Gasteiger partial charge in [-0.2, -0.15) is 5.10 Å². The molecule has 0 radical (unpaired) electrons. The van der Waals surface area contributed by atoms with E-state index in [0.717, 1.165) is 39.4 Å². The molecule has 1 aliphatic heterocycles. The predicted molar refractivity (Wildman–Crippen MR) is 130 cm³/mol. The Kier molecular flexibility index (Phi) is 6.15. The van der Waals surface area contributed by atoms with Crippen molar-refractivity contribution in [2.45, 2.75) is 38.0 Å². The summed E-state index contributed by atoms with van der Waals surface area (Å²) in [5.41, 5.74) is 3.09. The molecule has 1 aliphatic rings. The van der Waals surface area contributed by atoms with Crippen LogP contribution in [0.4, 0.5) is 0 Å². The lowest BCUT2D eigenvalue weighted by Gasteiger charge is -2.19. The van der Waals surface area contributed by atoms with Crippen LogP contribution in [0.5, 0.6) is 0 Å². The summed E-state index contributed by atoms with van der Waals surface area (Å²) in [6.07, 6.45) is 2.24. The Morgan fingerprint density at radius 3 is 2.73 bits per heavy atom. The minimum Gasteiger partial charge on any atom is -0.467 e. The van der Waals surface area contributed by atoms with E-state index in [1.54, 1.807) is 22.6 Å². The Morgan fingerprint density at radius 2 is 2.03 bits per heavy atom. The highest BCUT2D eigenvalue weighted by Gasteiger charge is 2.35. The highest BCUT2D eigenvalue weighted by molar-refractivity contribution is 7.99. The summed E-state index contributed by atoms with van der Waals surface area (Å²) < 4.78 is 7.69. The highest BCUT2D eigenvalue weighted by atomic mass is 32.2. The molecule has 0 spiro atoms. The monoisotopic (exact) mass is 477 g/mol. The van der Waals surface area contributed by atoms with Gasteiger partial charge in [-0.05, 0) is 43.0 Å². The number of aromatic nitrogens is 3. The van der Waals surface area contributed by atoms with Crippen LogP contribution in [-0.4, -0.2) is 37.1 Å². The molecule has 0 N–H and O–H groups in total. The summed E-state index contributed by atoms with van der Waals surface area (Å²) in [4.78, 5) is 14.4. The molecule has 0 saturated carbocycles. The summed E-state index contributed by atoms with van der Waals surface area (Å²) in [6.45, 7) is 4.83. The Hall–Kier alpha value is -3.17. The first-order valence-corrected chi connectivity index (χ1v) is 12.6. The van der Waals surface area contributed by atoms with E-state index in [4.69, 9.17) is 9.52 Å². The maximum atomic E-state index is 13.3. The summed E-state index contributed by atoms with van der Waals surface area (Å²) in [5.74, 6) is 1.68. The van der Waals surface area contributed by atoms with Crippen LogP contribution in [-0.2, 0) is 11.3 Å². The zero-order valence-corrected chi connectivity index (χ0v) is 20.0. The fourth-order valence-corrected chi connectivity index (χ4v) is 5.40. The van der Waals surface area contributed by atoms with E-state index in [-0.39, 0.29) is 17.7 Å². The number of carbonyl (C=O) groups excluding carboxylic acids is 1. The molecule has 4 aromatic rings. The van der Waals surface area contributed by atoms with Crippen molar-refractivity contribution in [2.24, 2.45) is 5.10 Å². The fraction of sp³-hybridized carbons (Fsp3) is 0.250. The Labute approximate surface area is 200 Å². The molecular formula is C24H23N5O2S2. The molecule has 1 aromatic carbocycles. The zero-order valence-electron chi connectivity index (χ0n) is 18.3. The molecule has 3 aromatic heterocycles. The van der Waals surface area contributed by atoms with Crippen LogP contribution in [0.15, 0.2) is 74.8 Å². The van der Waals surface area contributed by atoms with Gasteiger partial charge in [-0.1, -0.05) is 47.7 Å². The van der Waals surface area contributed by atoms with Crippen molar-refractivity contribution in [1.82, 2.24) is 19.8 Å². The van der Waals surface area contributed by atoms with Crippen molar-refractivity contribution >= 4 is 34.7 Å². The van der Waals surface area contributed by atoms with E-state index in [1.807, 2.05) is 46.3 Å². The van der Waals surface area contributed by atoms with Gasteiger partial charge in [0.1, 0.15) is 11.8 Å². The number of hydrazone groups is 1. The Balaban J connectivity index is 1.36. The lowest BCUT2D eigenvalue weighted by Crippen LogP contribution is -2.28. The minimum absolute atomic E-state index is 0.0909. The number of rotatable bonds is 7. The van der Waals surface area contributed by atoms with Crippen molar-refractivity contribution in [3.05, 3.63) is 77.1 Å². The molecule has 1 atom stereocenters. The largest absolute Gasteiger partial charge is 0.467 e. The van der Waals surface area contributed by atoms with Crippen LogP contribution >= 0.6 is 23.1 Å². The van der Waals surface area contributed by atoms with Gasteiger partial charge in [0.2, 0.25) is 0 Å². The third-order valence-electron chi connectivity index (χ3n) is 5.52. The van der Waals surface area contributed by atoms with Gasteiger partial charge >= 0.3 is 0 Å². The number of hydrogen-bond donors (Lipinski definition) is 0. The summed E-state index contributed by atoms with van der Waals surface area (Å²) in [7, 11) is 0. The lowest BCUT2D eigenvalue weighted by molar-refractivity contribution is -0.130. The van der Waals surface area contributed by atoms with Crippen molar-refractivity contribution in [1.29, 1.82) is 0 Å². The molecule has 5 rings (SSSR count). The normalized spacial score (nSPS) is 15.8. The second kappa shape index (κ2) is 9.36. The summed E-state index contributed by atoms with van der Waals surface area (Å²) >= 11 is 3.01. The molecule has 0 saturated heterocycles. The number of carbonyl (C=O) groups is 1. The van der Waals surface area contributed by atoms with Crippen molar-refractivity contribution in [2.75, 3.05) is 5.75 Å². The Bertz CT molecular complexity index is 1260. The molecule has 1 amide bonds. The molecule has 0 fully saturated rings. The first-order chi connectivity index (χ1) is 16.1. The molecule has 1 unspecified atom stereocenters. The first-order valence-electron chi connectivity index (χ1n) is 10.7. The molecule has 4 heterocycles. The van der Waals surface area contributed by atoms with E-state index in [1.165, 1.54) is 17.3 Å². The van der Waals surface area contributed by atoms with Gasteiger partial charge in [0, 0.05) is 13.0 Å². The van der Waals surface area contributed by atoms with Gasteiger partial charge in [0.15, 0.2) is 11.0 Å². The van der Waals surface area contributed by atoms with Crippen LogP contribution in [0.2, 0.25) is 0 Å². The van der Waals surface area contributed by atoms with Crippen molar-refractivity contribution in [3.63, 3.8) is 0 Å². The molecule has 9 heteroatoms. The second-order valence-electron chi connectivity index (χ2n) is 7.70. The van der Waals surface area contributed by atoms with Gasteiger partial charge in [0.05, 0.1) is 22.6 Å². The number of hydrogen-bond acceptors (Lipinski definition) is 7. The lowest BCUT2D eigenvalue weighted by atomic mass is 10.0. The fourth-order valence-electron chi connectivity index (χ4n) is 3.82. The van der Waals surface area contributed by atoms with E-state index in [2.05, 4.69) is 36.2 Å². The zero-order chi connectivity index (χ0) is 22.8. The molecule has 33 heavy (non-hydrogen) atoms. The van der Waals surface area contributed by atoms with Crippen LogP contribution in [0.25, 0.3) is 10.7 Å². The highest BCUT2D eigenvalue weighted by Crippen LogP contribution is 2.34. The van der Waals surface area contributed by atoms with E-state index in [0.29, 0.717) is 6.42 Å². The van der Waals surface area contributed by atoms with E-state index in [9.17, 15) is 4.79 Å². The number of benzene rings is 1. The average Bonchev–Trinajstić information content (AvgIpc) is 3.62. The van der Waals surface area contributed by atoms with Crippen LogP contribution < -0.4 is 0 Å². The third kappa shape index (κ3) is 4.38. The Morgan fingerprint density at radius 1 is 1.18 bits per heavy atom. The average molecular weight is 478 g/mol. The quantitative estimate of drug-likeness (QED) is 0.333. The number of thiophene rings is 1. The number of amides is 1. The molecule has 7 nitrogen and oxygen atoms in total. The second-order valence-corrected chi connectivity index (χ2v) is 9.59. The van der Waals surface area contributed by atoms with Gasteiger partial charge in [-0.25, -0.2) is 5.01 Å². The smallest absolute Gasteiger partial charge is 0.253 e. The van der Waals surface area contributed by atoms with Gasteiger partial charge in [-0.15, -0.1) is 21.5 Å². The van der Waals surface area contributed by atoms with Crippen molar-refractivity contribution in [3.8, 4) is 10.7 Å². The molecule has 0 aliphatic carbocycles. The number of thioether (sulfide) groups is 1. The van der Waals surface area contributed by atoms with Gasteiger partial charge in [-0.3, -0.25) is 4.79 Å². The first kappa shape index (κ1) is 21.7. The van der Waals surface area contributed by atoms with Crippen molar-refractivity contribution < 1.29 is 9.21 Å².